The van der Waals surface area contributed by atoms with E-state index in [1.165, 1.54) is 23.3 Å². The molecule has 0 radical (unpaired) electrons. The van der Waals surface area contributed by atoms with Crippen LogP contribution < -0.4 is 20.7 Å². The third-order valence-electron chi connectivity index (χ3n) is 10.2. The molecular weight excluding hydrogens is 853 g/mol. The van der Waals surface area contributed by atoms with Crippen LogP contribution in [-0.2, 0) is 56.2 Å². The molecule has 1 aromatic heterocycles. The number of carbonyl (C=O) groups is 7. The van der Waals surface area contributed by atoms with Gasteiger partial charge in [-0.05, 0) is 55.2 Å². The number of furan rings is 1. The molecule has 4 amide bonds. The molecule has 0 saturated heterocycles. The average molecular weight is 913 g/mol. The van der Waals surface area contributed by atoms with Crippen molar-refractivity contribution < 1.29 is 61.8 Å². The van der Waals surface area contributed by atoms with Gasteiger partial charge in [0.05, 0.1) is 43.1 Å². The summed E-state index contributed by atoms with van der Waals surface area (Å²) in [6.45, 7) is 8.13. The summed E-state index contributed by atoms with van der Waals surface area (Å²) in [6, 6.07) is 23.7. The first-order chi connectivity index (χ1) is 31.9. The normalized spacial score (nSPS) is 12.2. The van der Waals surface area contributed by atoms with Gasteiger partial charge in [-0.2, -0.15) is 0 Å². The van der Waals surface area contributed by atoms with Crippen molar-refractivity contribution >= 4 is 42.0 Å². The van der Waals surface area contributed by atoms with Gasteiger partial charge >= 0.3 is 17.9 Å². The molecule has 17 heteroatoms. The van der Waals surface area contributed by atoms with Gasteiger partial charge in [-0.15, -0.1) is 0 Å². The van der Waals surface area contributed by atoms with Gasteiger partial charge in [0.15, 0.2) is 5.76 Å². The number of carbonyl (C=O) groups excluding carboxylic acids is 7. The molecular formula is C49H60N4O13. The summed E-state index contributed by atoms with van der Waals surface area (Å²) in [5.41, 5.74) is 2.02. The Morgan fingerprint density at radius 1 is 0.758 bits per heavy atom. The van der Waals surface area contributed by atoms with E-state index in [0.717, 1.165) is 24.8 Å². The van der Waals surface area contributed by atoms with Gasteiger partial charge in [-0.1, -0.05) is 114 Å². The van der Waals surface area contributed by atoms with Crippen molar-refractivity contribution in [2.75, 3.05) is 20.1 Å². The molecule has 0 aliphatic rings. The third-order valence-corrected chi connectivity index (χ3v) is 10.2. The molecule has 1 heterocycles. The third kappa shape index (κ3) is 16.2. The monoisotopic (exact) mass is 912 g/mol. The minimum Gasteiger partial charge on any atom is -0.493 e. The average Bonchev–Trinajstić information content (AvgIpc) is 3.83. The molecule has 3 N–H and O–H groups in total. The molecule has 0 bridgehead atoms. The molecule has 0 saturated carbocycles. The lowest BCUT2D eigenvalue weighted by Crippen LogP contribution is -2.48. The van der Waals surface area contributed by atoms with E-state index in [-0.39, 0.29) is 55.2 Å². The summed E-state index contributed by atoms with van der Waals surface area (Å²) in [5, 5.41) is 9.14. The number of benzene rings is 3. The lowest BCUT2D eigenvalue weighted by atomic mass is 9.90. The molecule has 3 aromatic carbocycles. The predicted octanol–water partition coefficient (Wildman–Crippen LogP) is 6.65. The fourth-order valence-corrected chi connectivity index (χ4v) is 6.67. The predicted molar refractivity (Wildman–Crippen MR) is 241 cm³/mol. The maximum Gasteiger partial charge on any atom is 0.332 e. The van der Waals surface area contributed by atoms with Gasteiger partial charge in [-0.3, -0.25) is 33.6 Å². The zero-order valence-electron chi connectivity index (χ0n) is 38.1. The van der Waals surface area contributed by atoms with E-state index < -0.39 is 66.9 Å². The van der Waals surface area contributed by atoms with Crippen LogP contribution in [-0.4, -0.2) is 79.3 Å². The number of hydrogen-bond acceptors (Lipinski definition) is 13. The highest BCUT2D eigenvalue weighted by Gasteiger charge is 2.32. The highest BCUT2D eigenvalue weighted by atomic mass is 16.7. The number of unbranched alkanes of at least 4 members (excludes halogenated alkanes) is 2. The summed E-state index contributed by atoms with van der Waals surface area (Å²) in [6.07, 6.45) is 3.55. The quantitative estimate of drug-likeness (QED) is 0.0179. The highest BCUT2D eigenvalue weighted by molar-refractivity contribution is 6.00. The van der Waals surface area contributed by atoms with E-state index in [1.54, 1.807) is 57.2 Å². The van der Waals surface area contributed by atoms with Gasteiger partial charge in [0, 0.05) is 5.56 Å². The molecule has 354 valence electrons. The van der Waals surface area contributed by atoms with Crippen LogP contribution in [0, 0.1) is 11.8 Å². The molecule has 3 atom stereocenters. The fraction of sp³-hybridized carbons (Fsp3) is 0.408. The van der Waals surface area contributed by atoms with Gasteiger partial charge in [0.1, 0.15) is 30.8 Å². The molecule has 0 spiro atoms. The molecule has 4 aromatic rings. The van der Waals surface area contributed by atoms with Crippen LogP contribution in [0.4, 0.5) is 0 Å². The second kappa shape index (κ2) is 27.3. The number of esters is 3. The van der Waals surface area contributed by atoms with Crippen LogP contribution in [0.25, 0.3) is 11.3 Å². The number of nitrogens with zero attached hydrogens (tertiary/aromatic N) is 1. The number of hydrogen-bond donors (Lipinski definition) is 3. The number of rotatable bonds is 28. The van der Waals surface area contributed by atoms with Crippen LogP contribution in [0.2, 0.25) is 0 Å². The van der Waals surface area contributed by atoms with Crippen LogP contribution in [0.5, 0.6) is 5.75 Å². The first kappa shape index (κ1) is 51.6. The zero-order valence-corrected chi connectivity index (χ0v) is 38.1. The molecule has 66 heavy (non-hydrogen) atoms. The summed E-state index contributed by atoms with van der Waals surface area (Å²) >= 11 is 0. The van der Waals surface area contributed by atoms with Gasteiger partial charge < -0.3 is 39.3 Å². The Kier molecular flexibility index (Phi) is 21.4. The lowest BCUT2D eigenvalue weighted by Gasteiger charge is -2.32. The van der Waals surface area contributed by atoms with Crippen LogP contribution in [0.1, 0.15) is 105 Å². The molecule has 17 nitrogen and oxygen atoms in total. The fourth-order valence-electron chi connectivity index (χ4n) is 6.67. The Hall–Kier alpha value is -7.01. The number of amides is 4. The first-order valence-electron chi connectivity index (χ1n) is 22.1. The zero-order chi connectivity index (χ0) is 47.8. The van der Waals surface area contributed by atoms with Gasteiger partial charge in [-0.25, -0.2) is 9.86 Å². The Morgan fingerprint density at radius 2 is 1.44 bits per heavy atom. The SMILES string of the molecule is CCCCCC(C(=O)NCNC(=O)c1ccc(-c2ccc(C(=O)NC(CC(=O)OCc3ccccc3)C(=O)OCOC(=O)C(C)C)c(OCC)c2)o1)[C@@H](CC)N(C=O)OCc1ccccc1. The molecule has 0 aliphatic heterocycles. The molecule has 4 rings (SSSR count). The van der Waals surface area contributed by atoms with Crippen LogP contribution in [0.3, 0.4) is 0 Å². The van der Waals surface area contributed by atoms with Crippen molar-refractivity contribution in [3.63, 3.8) is 0 Å². The summed E-state index contributed by atoms with van der Waals surface area (Å²) in [7, 11) is 0. The smallest absolute Gasteiger partial charge is 0.332 e. The number of ether oxygens (including phenoxy) is 4. The Balaban J connectivity index is 1.41. The van der Waals surface area contributed by atoms with E-state index in [2.05, 4.69) is 22.9 Å². The van der Waals surface area contributed by atoms with E-state index >= 15 is 0 Å². The number of nitrogens with one attached hydrogen (secondary N) is 3. The Bertz CT molecular complexity index is 2200. The van der Waals surface area contributed by atoms with Crippen LogP contribution >= 0.6 is 0 Å². The van der Waals surface area contributed by atoms with Crippen molar-refractivity contribution in [1.29, 1.82) is 0 Å². The summed E-state index contributed by atoms with van der Waals surface area (Å²) in [4.78, 5) is 96.5. The van der Waals surface area contributed by atoms with E-state index in [9.17, 15) is 33.6 Å². The second-order valence-corrected chi connectivity index (χ2v) is 15.4. The lowest BCUT2D eigenvalue weighted by molar-refractivity contribution is -0.200. The first-order valence-corrected chi connectivity index (χ1v) is 22.1. The van der Waals surface area contributed by atoms with Crippen molar-refractivity contribution in [2.45, 2.75) is 98.4 Å². The Labute approximate surface area is 384 Å². The van der Waals surface area contributed by atoms with Gasteiger partial charge in [0.2, 0.25) is 19.1 Å². The van der Waals surface area contributed by atoms with E-state index in [1.807, 2.05) is 43.3 Å². The summed E-state index contributed by atoms with van der Waals surface area (Å²) < 4.78 is 27.0. The standard InChI is InChI=1S/C49H60N4O13/c1-6-9-12-21-37(40(7-2)53(31-54)65-29-35-19-15-11-16-20-35)45(56)50-30-51-47(58)42-25-24-41(66-42)36-22-23-38(43(26-36)61-8-3)46(57)52-39(49(60)64-32-63-48(59)33(4)5)27-44(55)62-28-34-17-13-10-14-18-34/h10-11,13-20,22-26,31,33,37,39-40H,6-9,12,21,27-30,32H2,1-5H3,(H,50,56)(H,51,58)(H,52,57)/t37?,39?,40-/m1/s1. The minimum atomic E-state index is -1.53. The minimum absolute atomic E-state index is 0.000108. The van der Waals surface area contributed by atoms with E-state index in [0.29, 0.717) is 30.4 Å². The second-order valence-electron chi connectivity index (χ2n) is 15.4. The molecule has 0 fully saturated rings. The highest BCUT2D eigenvalue weighted by Crippen LogP contribution is 2.30. The van der Waals surface area contributed by atoms with Crippen molar-refractivity contribution in [1.82, 2.24) is 21.0 Å². The van der Waals surface area contributed by atoms with Crippen molar-refractivity contribution in [3.05, 3.63) is 113 Å². The largest absolute Gasteiger partial charge is 0.493 e. The van der Waals surface area contributed by atoms with E-state index in [4.69, 9.17) is 28.2 Å². The maximum absolute atomic E-state index is 13.7. The molecule has 2 unspecified atom stereocenters. The number of hydroxylamine groups is 2. The molecule has 0 aliphatic carbocycles. The van der Waals surface area contributed by atoms with Crippen LogP contribution in [0.15, 0.2) is 95.4 Å². The maximum atomic E-state index is 13.7. The van der Waals surface area contributed by atoms with Gasteiger partial charge in [0.25, 0.3) is 11.8 Å². The Morgan fingerprint density at radius 3 is 2.08 bits per heavy atom. The van der Waals surface area contributed by atoms with Crippen molar-refractivity contribution in [2.24, 2.45) is 11.8 Å². The van der Waals surface area contributed by atoms with Crippen molar-refractivity contribution in [3.8, 4) is 17.1 Å². The topological polar surface area (TPSA) is 218 Å². The summed E-state index contributed by atoms with van der Waals surface area (Å²) in [5.74, 6) is -5.02.